The fourth-order valence-corrected chi connectivity index (χ4v) is 1.82. The minimum Gasteiger partial charge on any atom is -0.347 e. The normalized spacial score (nSPS) is 15.4. The predicted molar refractivity (Wildman–Crippen MR) is 57.7 cm³/mol. The molecule has 3 rings (SSSR count). The van der Waals surface area contributed by atoms with E-state index in [2.05, 4.69) is 32.0 Å². The van der Waals surface area contributed by atoms with Crippen molar-refractivity contribution in [1.82, 2.24) is 19.5 Å². The molecule has 76 valence electrons. The molecule has 0 saturated heterocycles. The van der Waals surface area contributed by atoms with E-state index < -0.39 is 0 Å². The molecule has 0 amide bonds. The molecular formula is C10H11N5. The van der Waals surface area contributed by atoms with Crippen LogP contribution in [0.5, 0.6) is 0 Å². The largest absolute Gasteiger partial charge is 0.347 e. The molecule has 1 aliphatic heterocycles. The molecule has 0 N–H and O–H groups in total. The average molecular weight is 201 g/mol. The van der Waals surface area contributed by atoms with Gasteiger partial charge >= 0.3 is 0 Å². The van der Waals surface area contributed by atoms with Gasteiger partial charge in [-0.1, -0.05) is 12.2 Å². The van der Waals surface area contributed by atoms with Crippen molar-refractivity contribution in [2.24, 2.45) is 7.05 Å². The van der Waals surface area contributed by atoms with Crippen molar-refractivity contribution in [3.05, 3.63) is 24.8 Å². The van der Waals surface area contributed by atoms with E-state index in [1.807, 2.05) is 11.6 Å². The van der Waals surface area contributed by atoms with Gasteiger partial charge in [0, 0.05) is 20.1 Å². The SMILES string of the molecule is Cn1cnc2c(N3CC=CC3)ncnc21. The summed E-state index contributed by atoms with van der Waals surface area (Å²) in [7, 11) is 1.94. The zero-order chi connectivity index (χ0) is 10.3. The molecule has 3 heterocycles. The van der Waals surface area contributed by atoms with Gasteiger partial charge in [-0.2, -0.15) is 0 Å². The molecule has 0 aliphatic carbocycles. The Bertz CT molecular complexity index is 520. The van der Waals surface area contributed by atoms with E-state index in [0.29, 0.717) is 0 Å². The minimum absolute atomic E-state index is 0.878. The Hall–Kier alpha value is -1.91. The van der Waals surface area contributed by atoms with Gasteiger partial charge in [0.05, 0.1) is 6.33 Å². The summed E-state index contributed by atoms with van der Waals surface area (Å²) in [5, 5.41) is 0. The molecule has 0 atom stereocenters. The van der Waals surface area contributed by atoms with Gasteiger partial charge in [-0.05, 0) is 0 Å². The maximum absolute atomic E-state index is 4.33. The monoisotopic (exact) mass is 201 g/mol. The average Bonchev–Trinajstić information content (AvgIpc) is 2.88. The number of hydrogen-bond donors (Lipinski definition) is 0. The summed E-state index contributed by atoms with van der Waals surface area (Å²) in [4.78, 5) is 15.0. The van der Waals surface area contributed by atoms with Crippen LogP contribution < -0.4 is 4.90 Å². The highest BCUT2D eigenvalue weighted by atomic mass is 15.2. The molecule has 2 aromatic heterocycles. The second kappa shape index (κ2) is 3.05. The van der Waals surface area contributed by atoms with E-state index in [-0.39, 0.29) is 0 Å². The van der Waals surface area contributed by atoms with Crippen molar-refractivity contribution in [2.45, 2.75) is 0 Å². The lowest BCUT2D eigenvalue weighted by Crippen LogP contribution is -2.20. The van der Waals surface area contributed by atoms with Crippen molar-refractivity contribution < 1.29 is 0 Å². The molecule has 0 fully saturated rings. The Kier molecular flexibility index (Phi) is 1.71. The van der Waals surface area contributed by atoms with Gasteiger partial charge in [-0.25, -0.2) is 15.0 Å². The highest BCUT2D eigenvalue weighted by molar-refractivity contribution is 5.83. The first-order valence-corrected chi connectivity index (χ1v) is 4.88. The fourth-order valence-electron chi connectivity index (χ4n) is 1.82. The van der Waals surface area contributed by atoms with E-state index >= 15 is 0 Å². The maximum atomic E-state index is 4.33. The summed E-state index contributed by atoms with van der Waals surface area (Å²) in [5.74, 6) is 0.922. The third-order valence-electron chi connectivity index (χ3n) is 2.60. The van der Waals surface area contributed by atoms with E-state index in [9.17, 15) is 0 Å². The summed E-state index contributed by atoms with van der Waals surface area (Å²) in [6.45, 7) is 1.81. The van der Waals surface area contributed by atoms with Gasteiger partial charge < -0.3 is 9.47 Å². The number of aromatic nitrogens is 4. The Morgan fingerprint density at radius 3 is 2.73 bits per heavy atom. The van der Waals surface area contributed by atoms with Gasteiger partial charge in [0.2, 0.25) is 0 Å². The zero-order valence-electron chi connectivity index (χ0n) is 8.46. The Morgan fingerprint density at radius 2 is 1.93 bits per heavy atom. The van der Waals surface area contributed by atoms with E-state index in [4.69, 9.17) is 0 Å². The Morgan fingerprint density at radius 1 is 1.13 bits per heavy atom. The molecule has 15 heavy (non-hydrogen) atoms. The van der Waals surface area contributed by atoms with E-state index in [1.165, 1.54) is 0 Å². The lowest BCUT2D eigenvalue weighted by Gasteiger charge is -2.15. The highest BCUT2D eigenvalue weighted by Crippen LogP contribution is 2.21. The molecule has 0 radical (unpaired) electrons. The van der Waals surface area contributed by atoms with Crippen LogP contribution in [0.25, 0.3) is 11.2 Å². The topological polar surface area (TPSA) is 46.8 Å². The van der Waals surface area contributed by atoms with Gasteiger partial charge in [0.15, 0.2) is 17.0 Å². The molecule has 0 bridgehead atoms. The van der Waals surface area contributed by atoms with Gasteiger partial charge in [0.25, 0.3) is 0 Å². The lowest BCUT2D eigenvalue weighted by molar-refractivity contribution is 0.924. The van der Waals surface area contributed by atoms with Crippen LogP contribution in [-0.2, 0) is 7.05 Å². The van der Waals surface area contributed by atoms with Crippen LogP contribution in [0.4, 0.5) is 5.82 Å². The van der Waals surface area contributed by atoms with Crippen molar-refractivity contribution >= 4 is 17.0 Å². The number of fused-ring (bicyclic) bond motifs is 1. The second-order valence-electron chi connectivity index (χ2n) is 3.60. The van der Waals surface area contributed by atoms with Crippen LogP contribution in [-0.4, -0.2) is 32.6 Å². The number of anilines is 1. The predicted octanol–water partition coefficient (Wildman–Crippen LogP) is 0.739. The second-order valence-corrected chi connectivity index (χ2v) is 3.60. The summed E-state index contributed by atoms with van der Waals surface area (Å²) in [5.41, 5.74) is 1.76. The Labute approximate surface area is 87.1 Å². The first kappa shape index (κ1) is 8.40. The van der Waals surface area contributed by atoms with Crippen LogP contribution in [0.1, 0.15) is 0 Å². The molecule has 2 aromatic rings. The van der Waals surface area contributed by atoms with Crippen LogP contribution >= 0.6 is 0 Å². The molecule has 0 spiro atoms. The van der Waals surface area contributed by atoms with Gasteiger partial charge in [-0.3, -0.25) is 0 Å². The molecule has 5 heteroatoms. The highest BCUT2D eigenvalue weighted by Gasteiger charge is 2.15. The third kappa shape index (κ3) is 1.20. The molecule has 5 nitrogen and oxygen atoms in total. The molecule has 0 saturated carbocycles. The maximum Gasteiger partial charge on any atom is 0.165 e. The summed E-state index contributed by atoms with van der Waals surface area (Å²) >= 11 is 0. The van der Waals surface area contributed by atoms with Crippen molar-refractivity contribution in [3.8, 4) is 0 Å². The number of rotatable bonds is 1. The van der Waals surface area contributed by atoms with Crippen molar-refractivity contribution in [1.29, 1.82) is 0 Å². The zero-order valence-corrected chi connectivity index (χ0v) is 8.46. The van der Waals surface area contributed by atoms with Crippen molar-refractivity contribution in [3.63, 3.8) is 0 Å². The van der Waals surface area contributed by atoms with Crippen LogP contribution in [0, 0.1) is 0 Å². The van der Waals surface area contributed by atoms with Crippen LogP contribution in [0.15, 0.2) is 24.8 Å². The Balaban J connectivity index is 2.17. The first-order chi connectivity index (χ1) is 7.36. The third-order valence-corrected chi connectivity index (χ3v) is 2.60. The van der Waals surface area contributed by atoms with Crippen molar-refractivity contribution in [2.75, 3.05) is 18.0 Å². The number of imidazole rings is 1. The number of hydrogen-bond acceptors (Lipinski definition) is 4. The quantitative estimate of drug-likeness (QED) is 0.638. The van der Waals surface area contributed by atoms with E-state index in [1.54, 1.807) is 12.7 Å². The molecule has 1 aliphatic rings. The number of nitrogens with zero attached hydrogens (tertiary/aromatic N) is 5. The summed E-state index contributed by atoms with van der Waals surface area (Å²) in [6.07, 6.45) is 7.64. The van der Waals surface area contributed by atoms with Gasteiger partial charge in [-0.15, -0.1) is 0 Å². The van der Waals surface area contributed by atoms with Crippen LogP contribution in [0.2, 0.25) is 0 Å². The summed E-state index contributed by atoms with van der Waals surface area (Å²) in [6, 6.07) is 0. The van der Waals surface area contributed by atoms with E-state index in [0.717, 1.165) is 30.1 Å². The standard InChI is InChI=1S/C10H11N5/c1-14-7-13-8-9(14)11-6-12-10(8)15-4-2-3-5-15/h2-3,6-7H,4-5H2,1H3. The lowest BCUT2D eigenvalue weighted by atomic mass is 10.4. The summed E-state index contributed by atoms with van der Waals surface area (Å²) < 4.78 is 1.91. The minimum atomic E-state index is 0.878. The smallest absolute Gasteiger partial charge is 0.165 e. The van der Waals surface area contributed by atoms with Crippen LogP contribution in [0.3, 0.4) is 0 Å². The molecule has 0 aromatic carbocycles. The first-order valence-electron chi connectivity index (χ1n) is 4.88. The molecule has 0 unspecified atom stereocenters. The number of aryl methyl sites for hydroxylation is 1. The molecular weight excluding hydrogens is 190 g/mol. The van der Waals surface area contributed by atoms with Gasteiger partial charge in [0.1, 0.15) is 6.33 Å². The fraction of sp³-hybridized carbons (Fsp3) is 0.300.